The van der Waals surface area contributed by atoms with Crippen LogP contribution in [0.25, 0.3) is 5.65 Å². The normalized spacial score (nSPS) is 10.4. The summed E-state index contributed by atoms with van der Waals surface area (Å²) < 4.78 is 1.36. The summed E-state index contributed by atoms with van der Waals surface area (Å²) in [5, 5.41) is 8.89. The molecule has 0 spiro atoms. The van der Waals surface area contributed by atoms with E-state index in [-0.39, 0.29) is 5.69 Å². The SMILES string of the molecule is CNc1nccc2n[nH]c(=O)n12. The Morgan fingerprint density at radius 2 is 2.50 bits per heavy atom. The summed E-state index contributed by atoms with van der Waals surface area (Å²) in [6.07, 6.45) is 1.58. The second kappa shape index (κ2) is 2.33. The highest BCUT2D eigenvalue weighted by Crippen LogP contribution is 2.00. The molecule has 0 aliphatic heterocycles. The third-order valence-corrected chi connectivity index (χ3v) is 1.55. The topological polar surface area (TPSA) is 75.1 Å². The predicted molar refractivity (Wildman–Crippen MR) is 43.2 cm³/mol. The summed E-state index contributed by atoms with van der Waals surface area (Å²) >= 11 is 0. The summed E-state index contributed by atoms with van der Waals surface area (Å²) in [6.45, 7) is 0. The first-order valence-corrected chi connectivity index (χ1v) is 3.43. The first-order chi connectivity index (χ1) is 5.83. The van der Waals surface area contributed by atoms with E-state index in [2.05, 4.69) is 20.5 Å². The van der Waals surface area contributed by atoms with Crippen molar-refractivity contribution in [1.82, 2.24) is 19.6 Å². The van der Waals surface area contributed by atoms with E-state index >= 15 is 0 Å². The number of aromatic amines is 1. The summed E-state index contributed by atoms with van der Waals surface area (Å²) in [7, 11) is 1.70. The molecule has 12 heavy (non-hydrogen) atoms. The Labute approximate surface area is 67.3 Å². The number of nitrogens with zero attached hydrogens (tertiary/aromatic N) is 3. The Balaban J connectivity index is 2.93. The van der Waals surface area contributed by atoms with E-state index in [4.69, 9.17) is 0 Å². The summed E-state index contributed by atoms with van der Waals surface area (Å²) in [4.78, 5) is 15.1. The molecule has 2 heterocycles. The molecule has 2 aromatic rings. The van der Waals surface area contributed by atoms with Gasteiger partial charge in [0.15, 0.2) is 5.65 Å². The van der Waals surface area contributed by atoms with Gasteiger partial charge in [0, 0.05) is 19.3 Å². The fraction of sp³-hybridized carbons (Fsp3) is 0.167. The molecule has 2 N–H and O–H groups in total. The van der Waals surface area contributed by atoms with Crippen molar-refractivity contribution in [1.29, 1.82) is 0 Å². The lowest BCUT2D eigenvalue weighted by molar-refractivity contribution is 0.998. The number of nitrogens with one attached hydrogen (secondary N) is 2. The third kappa shape index (κ3) is 0.777. The third-order valence-electron chi connectivity index (χ3n) is 1.55. The molecule has 0 saturated heterocycles. The molecule has 0 aromatic carbocycles. The molecule has 2 rings (SSSR count). The summed E-state index contributed by atoms with van der Waals surface area (Å²) in [5.41, 5.74) is 0.266. The van der Waals surface area contributed by atoms with Gasteiger partial charge in [-0.3, -0.25) is 0 Å². The average Bonchev–Trinajstić information content (AvgIpc) is 2.48. The van der Waals surface area contributed by atoms with Crippen LogP contribution in [0.3, 0.4) is 0 Å². The molecule has 0 radical (unpaired) electrons. The zero-order valence-electron chi connectivity index (χ0n) is 6.40. The highest BCUT2D eigenvalue weighted by atomic mass is 16.1. The lowest BCUT2D eigenvalue weighted by Gasteiger charge is -1.98. The number of rotatable bonds is 1. The Bertz CT molecular complexity index is 456. The van der Waals surface area contributed by atoms with E-state index in [9.17, 15) is 4.79 Å². The Morgan fingerprint density at radius 3 is 3.25 bits per heavy atom. The standard InChI is InChI=1S/C6H7N5O/c1-7-5-8-3-2-4-9-10-6(12)11(4)5/h2-3H,1H3,(H,7,8)(H,10,12). The Hall–Kier alpha value is -1.85. The molecular formula is C6H7N5O. The number of aromatic nitrogens is 4. The van der Waals surface area contributed by atoms with Crippen molar-refractivity contribution >= 4 is 11.6 Å². The van der Waals surface area contributed by atoms with Crippen LogP contribution in [0.5, 0.6) is 0 Å². The van der Waals surface area contributed by atoms with Gasteiger partial charge in [0.2, 0.25) is 5.95 Å². The van der Waals surface area contributed by atoms with Crippen LogP contribution in [-0.2, 0) is 0 Å². The maximum atomic E-state index is 11.1. The summed E-state index contributed by atoms with van der Waals surface area (Å²) in [5.74, 6) is 0.478. The van der Waals surface area contributed by atoms with Crippen LogP contribution in [-0.4, -0.2) is 26.6 Å². The first-order valence-electron chi connectivity index (χ1n) is 3.43. The van der Waals surface area contributed by atoms with Crippen LogP contribution in [0.1, 0.15) is 0 Å². The quantitative estimate of drug-likeness (QED) is 0.595. The van der Waals surface area contributed by atoms with Crippen molar-refractivity contribution in [2.75, 3.05) is 12.4 Å². The molecule has 0 amide bonds. The molecule has 0 aliphatic carbocycles. The van der Waals surface area contributed by atoms with Gasteiger partial charge in [-0.15, -0.1) is 0 Å². The zero-order chi connectivity index (χ0) is 8.55. The fourth-order valence-electron chi connectivity index (χ4n) is 1.03. The van der Waals surface area contributed by atoms with Gasteiger partial charge >= 0.3 is 5.69 Å². The van der Waals surface area contributed by atoms with E-state index in [1.807, 2.05) is 0 Å². The summed E-state index contributed by atoms with van der Waals surface area (Å²) in [6, 6.07) is 1.65. The molecule has 0 aliphatic rings. The van der Waals surface area contributed by atoms with Crippen LogP contribution in [0.2, 0.25) is 0 Å². The van der Waals surface area contributed by atoms with E-state index < -0.39 is 0 Å². The lowest BCUT2D eigenvalue weighted by atomic mass is 10.6. The number of hydrogen-bond acceptors (Lipinski definition) is 4. The lowest BCUT2D eigenvalue weighted by Crippen LogP contribution is -2.13. The van der Waals surface area contributed by atoms with Gasteiger partial charge in [0.1, 0.15) is 0 Å². The average molecular weight is 165 g/mol. The van der Waals surface area contributed by atoms with Gasteiger partial charge in [-0.2, -0.15) is 5.10 Å². The smallest absolute Gasteiger partial charge is 0.350 e. The van der Waals surface area contributed by atoms with Crippen molar-refractivity contribution < 1.29 is 0 Å². The van der Waals surface area contributed by atoms with Gasteiger partial charge in [0.05, 0.1) is 0 Å². The molecule has 0 unspecified atom stereocenters. The van der Waals surface area contributed by atoms with E-state index in [0.29, 0.717) is 11.6 Å². The van der Waals surface area contributed by atoms with Gasteiger partial charge in [-0.1, -0.05) is 0 Å². The first kappa shape index (κ1) is 6.84. The Morgan fingerprint density at radius 1 is 1.67 bits per heavy atom. The number of hydrogen-bond donors (Lipinski definition) is 2. The number of anilines is 1. The highest BCUT2D eigenvalue weighted by Gasteiger charge is 2.03. The molecule has 0 fully saturated rings. The second-order valence-corrected chi connectivity index (χ2v) is 2.24. The van der Waals surface area contributed by atoms with Crippen molar-refractivity contribution in [3.05, 3.63) is 22.7 Å². The molecule has 62 valence electrons. The van der Waals surface area contributed by atoms with Crippen molar-refractivity contribution in [3.63, 3.8) is 0 Å². The molecule has 0 saturated carbocycles. The van der Waals surface area contributed by atoms with E-state index in [1.54, 1.807) is 19.3 Å². The molecule has 2 aromatic heterocycles. The molecule has 0 bridgehead atoms. The molecular weight excluding hydrogens is 158 g/mol. The minimum atomic E-state index is -0.289. The van der Waals surface area contributed by atoms with Gasteiger partial charge in [-0.25, -0.2) is 19.3 Å². The zero-order valence-corrected chi connectivity index (χ0v) is 6.40. The van der Waals surface area contributed by atoms with Crippen LogP contribution < -0.4 is 11.0 Å². The largest absolute Gasteiger partial charge is 0.358 e. The van der Waals surface area contributed by atoms with E-state index in [1.165, 1.54) is 4.40 Å². The van der Waals surface area contributed by atoms with Crippen LogP contribution in [0.15, 0.2) is 17.1 Å². The maximum absolute atomic E-state index is 11.1. The minimum absolute atomic E-state index is 0.289. The Kier molecular flexibility index (Phi) is 1.33. The van der Waals surface area contributed by atoms with Gasteiger partial charge < -0.3 is 5.32 Å². The fourth-order valence-corrected chi connectivity index (χ4v) is 1.03. The number of H-pyrrole nitrogens is 1. The maximum Gasteiger partial charge on any atom is 0.350 e. The van der Waals surface area contributed by atoms with Gasteiger partial charge in [-0.05, 0) is 0 Å². The monoisotopic (exact) mass is 165 g/mol. The molecule has 6 heteroatoms. The molecule has 6 nitrogen and oxygen atoms in total. The van der Waals surface area contributed by atoms with Crippen molar-refractivity contribution in [2.45, 2.75) is 0 Å². The van der Waals surface area contributed by atoms with E-state index in [0.717, 1.165) is 0 Å². The van der Waals surface area contributed by atoms with Crippen LogP contribution in [0, 0.1) is 0 Å². The highest BCUT2D eigenvalue weighted by molar-refractivity contribution is 5.42. The van der Waals surface area contributed by atoms with Crippen molar-refractivity contribution in [2.24, 2.45) is 0 Å². The van der Waals surface area contributed by atoms with Crippen molar-refractivity contribution in [3.8, 4) is 0 Å². The predicted octanol–water partition coefficient (Wildman–Crippen LogP) is -0.541. The van der Waals surface area contributed by atoms with Crippen LogP contribution >= 0.6 is 0 Å². The van der Waals surface area contributed by atoms with Crippen LogP contribution in [0.4, 0.5) is 5.95 Å². The number of fused-ring (bicyclic) bond motifs is 1. The van der Waals surface area contributed by atoms with Gasteiger partial charge in [0.25, 0.3) is 0 Å². The second-order valence-electron chi connectivity index (χ2n) is 2.24. The minimum Gasteiger partial charge on any atom is -0.358 e. The molecule has 0 atom stereocenters.